The van der Waals surface area contributed by atoms with Crippen molar-refractivity contribution in [1.82, 2.24) is 9.97 Å². The lowest BCUT2D eigenvalue weighted by Gasteiger charge is -2.53. The van der Waals surface area contributed by atoms with E-state index in [1.54, 1.807) is 31.4 Å². The second-order valence-corrected chi connectivity index (χ2v) is 11.1. The summed E-state index contributed by atoms with van der Waals surface area (Å²) in [6, 6.07) is 6.97. The lowest BCUT2D eigenvalue weighted by Crippen LogP contribution is -2.58. The quantitative estimate of drug-likeness (QED) is 0.442. The number of carbonyl (C=O) groups is 2. The molecular formula is C29H36N3O6-. The molecule has 2 aliphatic rings. The molecule has 9 nitrogen and oxygen atoms in total. The van der Waals surface area contributed by atoms with E-state index in [-0.39, 0.29) is 52.7 Å². The molecule has 0 unspecified atom stereocenters. The Bertz CT molecular complexity index is 1320. The van der Waals surface area contributed by atoms with Crippen LogP contribution in [0.1, 0.15) is 73.7 Å². The number of aromatic nitrogens is 2. The third-order valence-electron chi connectivity index (χ3n) is 8.53. The number of fused-ring (bicyclic) bond motifs is 1. The zero-order valence-corrected chi connectivity index (χ0v) is 22.6. The second-order valence-electron chi connectivity index (χ2n) is 11.1. The van der Waals surface area contributed by atoms with Gasteiger partial charge in [-0.25, -0.2) is 4.98 Å². The van der Waals surface area contributed by atoms with Gasteiger partial charge in [0.25, 0.3) is 0 Å². The number of Topliss-reactive ketones (excluding diaryl/α,β-unsaturated/α-hetero) is 1. The zero-order valence-electron chi connectivity index (χ0n) is 22.6. The first-order chi connectivity index (χ1) is 18.1. The highest BCUT2D eigenvalue weighted by atomic mass is 16.7. The van der Waals surface area contributed by atoms with E-state index < -0.39 is 11.8 Å². The maximum absolute atomic E-state index is 13.1. The van der Waals surface area contributed by atoms with E-state index in [0.29, 0.717) is 29.3 Å². The van der Waals surface area contributed by atoms with Crippen LogP contribution in [0.3, 0.4) is 0 Å². The third kappa shape index (κ3) is 4.62. The largest absolute Gasteiger partial charge is 0.545 e. The summed E-state index contributed by atoms with van der Waals surface area (Å²) in [5.74, 6) is -1.43. The molecule has 0 bridgehead atoms. The first-order valence-corrected chi connectivity index (χ1v) is 13.5. The molecule has 0 saturated carbocycles. The number of ketones is 1. The van der Waals surface area contributed by atoms with E-state index in [1.807, 2.05) is 13.0 Å². The minimum absolute atomic E-state index is 0.0177. The summed E-state index contributed by atoms with van der Waals surface area (Å²) in [5, 5.41) is 14.7. The molecule has 204 valence electrons. The normalized spacial score (nSPS) is 30.4. The first-order valence-electron chi connectivity index (χ1n) is 13.5. The number of ether oxygens (including phenoxy) is 2. The van der Waals surface area contributed by atoms with Gasteiger partial charge in [0, 0.05) is 37.2 Å². The Balaban J connectivity index is 1.39. The standard InChI is InChI=1S/C29H37N3O6/c1-15-10-11-29(17(3)13-16(2)27(38-29)18(4)26(33)20-7-6-12-31-20)37-22(15)14-23-32-25-21(36-23)9-8-19(30-5)24(25)28(34)35/h6-9,12,15-18,22,27,30-31H,10-11,13-14H2,1-5H3,(H,34,35)/p-1/t15-,16+,17+,18-,22-,27-,29-/m0/s1. The number of anilines is 1. The number of nitrogens with zero attached hydrogens (tertiary/aromatic N) is 1. The number of benzene rings is 1. The molecule has 0 aliphatic carbocycles. The predicted octanol–water partition coefficient (Wildman–Crippen LogP) is 4.20. The first kappa shape index (κ1) is 26.4. The van der Waals surface area contributed by atoms with Gasteiger partial charge in [0.2, 0.25) is 0 Å². The van der Waals surface area contributed by atoms with Gasteiger partial charge >= 0.3 is 0 Å². The molecule has 2 fully saturated rings. The lowest BCUT2D eigenvalue weighted by molar-refractivity contribution is -0.355. The zero-order chi connectivity index (χ0) is 27.2. The number of carbonyl (C=O) groups excluding carboxylic acids is 2. The fourth-order valence-electron chi connectivity index (χ4n) is 6.26. The minimum atomic E-state index is -1.31. The van der Waals surface area contributed by atoms with Crippen LogP contribution < -0.4 is 10.4 Å². The van der Waals surface area contributed by atoms with Gasteiger partial charge < -0.3 is 34.1 Å². The molecule has 9 heteroatoms. The molecule has 2 N–H and O–H groups in total. The smallest absolute Gasteiger partial charge is 0.198 e. The highest BCUT2D eigenvalue weighted by molar-refractivity contribution is 6.05. The number of oxazole rings is 1. The fraction of sp³-hybridized carbons (Fsp3) is 0.552. The molecule has 3 aromatic rings. The summed E-state index contributed by atoms with van der Waals surface area (Å²) < 4.78 is 19.5. The Morgan fingerprint density at radius 2 is 2.00 bits per heavy atom. The summed E-state index contributed by atoms with van der Waals surface area (Å²) in [5.41, 5.74) is 1.65. The maximum Gasteiger partial charge on any atom is 0.198 e. The topological polar surface area (TPSA) is 130 Å². The number of nitrogens with one attached hydrogen (secondary N) is 2. The summed E-state index contributed by atoms with van der Waals surface area (Å²) >= 11 is 0. The lowest BCUT2D eigenvalue weighted by atomic mass is 9.75. The van der Waals surface area contributed by atoms with Gasteiger partial charge in [-0.2, -0.15) is 0 Å². The van der Waals surface area contributed by atoms with E-state index in [0.717, 1.165) is 19.3 Å². The van der Waals surface area contributed by atoms with E-state index in [4.69, 9.17) is 13.9 Å². The van der Waals surface area contributed by atoms with Crippen LogP contribution in [0, 0.1) is 23.7 Å². The Kier molecular flexibility index (Phi) is 7.09. The van der Waals surface area contributed by atoms with Crippen molar-refractivity contribution in [2.45, 2.75) is 71.4 Å². The average molecular weight is 523 g/mol. The van der Waals surface area contributed by atoms with Crippen LogP contribution in [0.25, 0.3) is 11.1 Å². The molecule has 0 amide bonds. The highest BCUT2D eigenvalue weighted by Crippen LogP contribution is 2.48. The van der Waals surface area contributed by atoms with Crippen LogP contribution >= 0.6 is 0 Å². The van der Waals surface area contributed by atoms with Crippen LogP contribution in [0.5, 0.6) is 0 Å². The van der Waals surface area contributed by atoms with E-state index >= 15 is 0 Å². The predicted molar refractivity (Wildman–Crippen MR) is 140 cm³/mol. The molecule has 1 aromatic carbocycles. The van der Waals surface area contributed by atoms with Gasteiger partial charge in [0.05, 0.1) is 35.9 Å². The molecular weight excluding hydrogens is 486 g/mol. The third-order valence-corrected chi connectivity index (χ3v) is 8.53. The van der Waals surface area contributed by atoms with Gasteiger partial charge in [-0.3, -0.25) is 4.79 Å². The van der Waals surface area contributed by atoms with Crippen molar-refractivity contribution in [2.75, 3.05) is 12.4 Å². The monoisotopic (exact) mass is 522 g/mol. The Hall–Kier alpha value is -3.17. The number of aromatic amines is 1. The van der Waals surface area contributed by atoms with Gasteiger partial charge in [0.1, 0.15) is 5.52 Å². The molecule has 4 heterocycles. The SMILES string of the molecule is CNc1ccc2oc(C[C@@H]3O[C@@]4(CC[C@@H]3C)O[C@H]([C@@H](C)C(=O)c3ccc[nH]3)[C@H](C)C[C@H]4C)nc2c1C(=O)[O-]. The van der Waals surface area contributed by atoms with Crippen molar-refractivity contribution >= 4 is 28.5 Å². The van der Waals surface area contributed by atoms with Gasteiger partial charge in [0.15, 0.2) is 23.0 Å². The van der Waals surface area contributed by atoms with Gasteiger partial charge in [-0.1, -0.05) is 27.7 Å². The van der Waals surface area contributed by atoms with Crippen LogP contribution in [0.4, 0.5) is 5.69 Å². The molecule has 0 radical (unpaired) electrons. The Morgan fingerprint density at radius 1 is 1.21 bits per heavy atom. The van der Waals surface area contributed by atoms with E-state index in [1.165, 1.54) is 0 Å². The van der Waals surface area contributed by atoms with Crippen molar-refractivity contribution in [3.63, 3.8) is 0 Å². The fourth-order valence-corrected chi connectivity index (χ4v) is 6.26. The van der Waals surface area contributed by atoms with Crippen LogP contribution in [-0.2, 0) is 15.9 Å². The minimum Gasteiger partial charge on any atom is -0.545 e. The summed E-state index contributed by atoms with van der Waals surface area (Å²) in [6.07, 6.45) is 4.15. The van der Waals surface area contributed by atoms with E-state index in [2.05, 4.69) is 36.1 Å². The van der Waals surface area contributed by atoms with Crippen molar-refractivity contribution in [2.24, 2.45) is 23.7 Å². The number of carboxylic acids is 1. The Morgan fingerprint density at radius 3 is 2.68 bits per heavy atom. The maximum atomic E-state index is 13.1. The van der Waals surface area contributed by atoms with Gasteiger partial charge in [-0.05, 0) is 48.9 Å². The summed E-state index contributed by atoms with van der Waals surface area (Å²) in [7, 11) is 1.65. The van der Waals surface area contributed by atoms with Gasteiger partial charge in [-0.15, -0.1) is 0 Å². The van der Waals surface area contributed by atoms with Crippen molar-refractivity contribution in [1.29, 1.82) is 0 Å². The Labute approximate surface area is 222 Å². The number of carboxylic acid groups (broad SMARTS) is 1. The highest BCUT2D eigenvalue weighted by Gasteiger charge is 2.52. The van der Waals surface area contributed by atoms with Crippen LogP contribution in [0.15, 0.2) is 34.9 Å². The number of hydrogen-bond donors (Lipinski definition) is 2. The van der Waals surface area contributed by atoms with Crippen molar-refractivity contribution < 1.29 is 28.6 Å². The van der Waals surface area contributed by atoms with Crippen molar-refractivity contribution in [3.05, 3.63) is 47.6 Å². The molecule has 7 atom stereocenters. The number of H-pyrrole nitrogens is 1. The summed E-state index contributed by atoms with van der Waals surface area (Å²) in [4.78, 5) is 32.5. The molecule has 5 rings (SSSR count). The number of rotatable bonds is 7. The average Bonchev–Trinajstić information content (AvgIpc) is 3.57. The number of hydrogen-bond acceptors (Lipinski definition) is 8. The van der Waals surface area contributed by atoms with E-state index in [9.17, 15) is 14.7 Å². The summed E-state index contributed by atoms with van der Waals surface area (Å²) in [6.45, 7) is 8.37. The molecule has 2 saturated heterocycles. The van der Waals surface area contributed by atoms with Crippen molar-refractivity contribution in [3.8, 4) is 0 Å². The number of aromatic carboxylic acids is 1. The molecule has 1 spiro atoms. The van der Waals surface area contributed by atoms with Crippen LogP contribution in [0.2, 0.25) is 0 Å². The molecule has 2 aromatic heterocycles. The van der Waals surface area contributed by atoms with Crippen LogP contribution in [-0.4, -0.2) is 46.8 Å². The molecule has 2 aliphatic heterocycles. The second kappa shape index (κ2) is 10.2. The molecule has 38 heavy (non-hydrogen) atoms.